The zero-order valence-electron chi connectivity index (χ0n) is 11.4. The molecule has 0 saturated carbocycles. The van der Waals surface area contributed by atoms with Gasteiger partial charge in [0.15, 0.2) is 0 Å². The lowest BCUT2D eigenvalue weighted by Crippen LogP contribution is -2.53. The smallest absolute Gasteiger partial charge is 0.226 e. The predicted molar refractivity (Wildman–Crippen MR) is 67.4 cm³/mol. The molecular weight excluding hydrogens is 216 g/mol. The molecule has 4 heteroatoms. The van der Waals surface area contributed by atoms with Crippen molar-refractivity contribution < 1.29 is 9.59 Å². The normalized spacial score (nSPS) is 25.4. The van der Waals surface area contributed by atoms with E-state index in [0.717, 1.165) is 19.3 Å². The van der Waals surface area contributed by atoms with Gasteiger partial charge >= 0.3 is 0 Å². The first-order valence-electron chi connectivity index (χ1n) is 6.37. The second kappa shape index (κ2) is 5.07. The van der Waals surface area contributed by atoms with Gasteiger partial charge in [0.25, 0.3) is 0 Å². The Labute approximate surface area is 104 Å². The van der Waals surface area contributed by atoms with E-state index in [1.54, 1.807) is 0 Å². The Morgan fingerprint density at radius 2 is 1.12 bits per heavy atom. The standard InChI is InChI=1S/C13H24N2O2/c1-12(2)10(16)14-8-6-5-7-9-15-11(17)13(12,3)4/h5-9H2,1-4H3,(H,14,16)(H,15,17). The molecule has 1 aliphatic rings. The Bertz CT molecular complexity index is 279. The fourth-order valence-corrected chi connectivity index (χ4v) is 1.84. The molecule has 2 N–H and O–H groups in total. The zero-order chi connectivity index (χ0) is 13.1. The number of nitrogens with one attached hydrogen (secondary N) is 2. The molecule has 0 unspecified atom stereocenters. The molecule has 98 valence electrons. The lowest BCUT2D eigenvalue weighted by atomic mass is 9.66. The van der Waals surface area contributed by atoms with Gasteiger partial charge < -0.3 is 10.6 Å². The predicted octanol–water partition coefficient (Wildman–Crippen LogP) is 1.46. The molecule has 1 heterocycles. The molecule has 17 heavy (non-hydrogen) atoms. The van der Waals surface area contributed by atoms with Gasteiger partial charge in [0, 0.05) is 13.1 Å². The molecule has 4 nitrogen and oxygen atoms in total. The Morgan fingerprint density at radius 1 is 0.765 bits per heavy atom. The van der Waals surface area contributed by atoms with Crippen LogP contribution in [-0.4, -0.2) is 24.9 Å². The van der Waals surface area contributed by atoms with E-state index >= 15 is 0 Å². The Kier molecular flexibility index (Phi) is 4.17. The Hall–Kier alpha value is -1.06. The second-order valence-corrected chi connectivity index (χ2v) is 5.82. The van der Waals surface area contributed by atoms with Crippen molar-refractivity contribution in [2.24, 2.45) is 10.8 Å². The molecule has 1 saturated heterocycles. The maximum Gasteiger partial charge on any atom is 0.226 e. The average Bonchev–Trinajstić information content (AvgIpc) is 2.26. The van der Waals surface area contributed by atoms with Gasteiger partial charge in [-0.15, -0.1) is 0 Å². The summed E-state index contributed by atoms with van der Waals surface area (Å²) in [5.41, 5.74) is -1.41. The van der Waals surface area contributed by atoms with E-state index in [-0.39, 0.29) is 11.8 Å². The van der Waals surface area contributed by atoms with E-state index in [2.05, 4.69) is 10.6 Å². The first kappa shape index (κ1) is 14.0. The largest absolute Gasteiger partial charge is 0.356 e. The quantitative estimate of drug-likeness (QED) is 0.673. The Morgan fingerprint density at radius 3 is 1.47 bits per heavy atom. The summed E-state index contributed by atoms with van der Waals surface area (Å²) in [4.78, 5) is 24.3. The fraction of sp³-hybridized carbons (Fsp3) is 0.846. The van der Waals surface area contributed by atoms with Crippen LogP contribution < -0.4 is 10.6 Å². The molecule has 0 aromatic carbocycles. The summed E-state index contributed by atoms with van der Waals surface area (Å²) in [5.74, 6) is -0.0842. The molecule has 0 aromatic heterocycles. The van der Waals surface area contributed by atoms with Crippen LogP contribution in [0.4, 0.5) is 0 Å². The van der Waals surface area contributed by atoms with Crippen LogP contribution in [0.25, 0.3) is 0 Å². The summed E-state index contributed by atoms with van der Waals surface area (Å²) >= 11 is 0. The third-order valence-corrected chi connectivity index (χ3v) is 4.12. The molecule has 1 rings (SSSR count). The molecule has 0 spiro atoms. The maximum atomic E-state index is 12.1. The number of hydrogen-bond donors (Lipinski definition) is 2. The second-order valence-electron chi connectivity index (χ2n) is 5.82. The van der Waals surface area contributed by atoms with Crippen molar-refractivity contribution in [3.05, 3.63) is 0 Å². The van der Waals surface area contributed by atoms with Crippen molar-refractivity contribution in [3.8, 4) is 0 Å². The van der Waals surface area contributed by atoms with Crippen LogP contribution in [0.2, 0.25) is 0 Å². The average molecular weight is 240 g/mol. The first-order valence-corrected chi connectivity index (χ1v) is 6.37. The number of carbonyl (C=O) groups is 2. The van der Waals surface area contributed by atoms with Gasteiger partial charge in [-0.3, -0.25) is 9.59 Å². The summed E-state index contributed by atoms with van der Waals surface area (Å²) in [5, 5.41) is 5.86. The van der Waals surface area contributed by atoms with Crippen LogP contribution in [-0.2, 0) is 9.59 Å². The van der Waals surface area contributed by atoms with Crippen LogP contribution in [0.5, 0.6) is 0 Å². The van der Waals surface area contributed by atoms with Gasteiger partial charge in [0.1, 0.15) is 0 Å². The third-order valence-electron chi connectivity index (χ3n) is 4.12. The van der Waals surface area contributed by atoms with Gasteiger partial charge in [0.05, 0.1) is 10.8 Å². The van der Waals surface area contributed by atoms with E-state index in [1.807, 2.05) is 27.7 Å². The minimum absolute atomic E-state index is 0.0421. The van der Waals surface area contributed by atoms with E-state index in [0.29, 0.717) is 13.1 Å². The SMILES string of the molecule is CC1(C)C(=O)NCCCCCNC(=O)C1(C)C. The van der Waals surface area contributed by atoms with E-state index in [1.165, 1.54) is 0 Å². The van der Waals surface area contributed by atoms with Crippen molar-refractivity contribution >= 4 is 11.8 Å². The van der Waals surface area contributed by atoms with Crippen LogP contribution in [0.3, 0.4) is 0 Å². The first-order chi connectivity index (χ1) is 7.80. The number of carbonyl (C=O) groups excluding carboxylic acids is 2. The molecule has 0 bridgehead atoms. The highest BCUT2D eigenvalue weighted by molar-refractivity contribution is 5.92. The highest BCUT2D eigenvalue weighted by Crippen LogP contribution is 2.39. The van der Waals surface area contributed by atoms with Crippen molar-refractivity contribution in [2.45, 2.75) is 47.0 Å². The monoisotopic (exact) mass is 240 g/mol. The van der Waals surface area contributed by atoms with Crippen molar-refractivity contribution in [2.75, 3.05) is 13.1 Å². The molecular formula is C13H24N2O2. The Balaban J connectivity index is 2.95. The fourth-order valence-electron chi connectivity index (χ4n) is 1.84. The zero-order valence-corrected chi connectivity index (χ0v) is 11.4. The molecule has 1 aliphatic heterocycles. The van der Waals surface area contributed by atoms with Gasteiger partial charge in [0.2, 0.25) is 11.8 Å². The summed E-state index contributed by atoms with van der Waals surface area (Å²) in [7, 11) is 0. The molecule has 2 amide bonds. The topological polar surface area (TPSA) is 58.2 Å². The van der Waals surface area contributed by atoms with Gasteiger partial charge in [-0.1, -0.05) is 27.7 Å². The van der Waals surface area contributed by atoms with Gasteiger partial charge in [-0.2, -0.15) is 0 Å². The van der Waals surface area contributed by atoms with Crippen LogP contribution in [0.1, 0.15) is 47.0 Å². The van der Waals surface area contributed by atoms with Crippen LogP contribution in [0, 0.1) is 10.8 Å². The van der Waals surface area contributed by atoms with Crippen molar-refractivity contribution in [1.82, 2.24) is 10.6 Å². The van der Waals surface area contributed by atoms with Gasteiger partial charge in [-0.05, 0) is 19.3 Å². The summed E-state index contributed by atoms with van der Waals surface area (Å²) < 4.78 is 0. The molecule has 0 atom stereocenters. The number of rotatable bonds is 0. The highest BCUT2D eigenvalue weighted by Gasteiger charge is 2.48. The molecule has 0 aromatic rings. The van der Waals surface area contributed by atoms with Crippen molar-refractivity contribution in [1.29, 1.82) is 0 Å². The third kappa shape index (κ3) is 2.79. The molecule has 1 fully saturated rings. The van der Waals surface area contributed by atoms with E-state index in [4.69, 9.17) is 0 Å². The van der Waals surface area contributed by atoms with Gasteiger partial charge in [-0.25, -0.2) is 0 Å². The molecule has 0 aliphatic carbocycles. The number of amides is 2. The van der Waals surface area contributed by atoms with E-state index < -0.39 is 10.8 Å². The maximum absolute atomic E-state index is 12.1. The minimum atomic E-state index is -0.707. The van der Waals surface area contributed by atoms with Crippen LogP contribution >= 0.6 is 0 Å². The summed E-state index contributed by atoms with van der Waals surface area (Å²) in [6, 6.07) is 0. The summed E-state index contributed by atoms with van der Waals surface area (Å²) in [6.07, 6.45) is 2.97. The minimum Gasteiger partial charge on any atom is -0.356 e. The van der Waals surface area contributed by atoms with Crippen molar-refractivity contribution in [3.63, 3.8) is 0 Å². The highest BCUT2D eigenvalue weighted by atomic mass is 16.2. The van der Waals surface area contributed by atoms with Crippen LogP contribution in [0.15, 0.2) is 0 Å². The summed E-state index contributed by atoms with van der Waals surface area (Å²) in [6.45, 7) is 8.73. The van der Waals surface area contributed by atoms with E-state index in [9.17, 15) is 9.59 Å². The lowest BCUT2D eigenvalue weighted by Gasteiger charge is -2.38. The number of hydrogen-bond acceptors (Lipinski definition) is 2. The lowest BCUT2D eigenvalue weighted by molar-refractivity contribution is -0.147. The molecule has 0 radical (unpaired) electrons.